The van der Waals surface area contributed by atoms with Crippen molar-refractivity contribution in [3.05, 3.63) is 28.2 Å². The number of hydrogen-bond donors (Lipinski definition) is 2. The lowest BCUT2D eigenvalue weighted by Crippen LogP contribution is -2.21. The Morgan fingerprint density at radius 3 is 3.00 bits per heavy atom. The largest absolute Gasteiger partial charge is 0.382 e. The van der Waals surface area contributed by atoms with Gasteiger partial charge in [-0.2, -0.15) is 0 Å². The molecule has 1 aromatic rings. The van der Waals surface area contributed by atoms with E-state index in [1.807, 2.05) is 0 Å². The van der Waals surface area contributed by atoms with Crippen LogP contribution in [0.1, 0.15) is 24.8 Å². The SMILES string of the molecule is Cc1cc(Br)ccc1NC1CCCNCC1. The van der Waals surface area contributed by atoms with Crippen LogP contribution in [-0.2, 0) is 0 Å². The summed E-state index contributed by atoms with van der Waals surface area (Å²) in [6, 6.07) is 7.05. The van der Waals surface area contributed by atoms with E-state index in [-0.39, 0.29) is 0 Å². The van der Waals surface area contributed by atoms with Crippen LogP contribution in [0.15, 0.2) is 22.7 Å². The minimum Gasteiger partial charge on any atom is -0.382 e. The summed E-state index contributed by atoms with van der Waals surface area (Å²) in [6.07, 6.45) is 3.76. The number of nitrogens with one attached hydrogen (secondary N) is 2. The van der Waals surface area contributed by atoms with Gasteiger partial charge in [0.05, 0.1) is 0 Å². The van der Waals surface area contributed by atoms with E-state index in [2.05, 4.69) is 51.7 Å². The summed E-state index contributed by atoms with van der Waals surface area (Å²) in [5.41, 5.74) is 2.58. The second-order valence-electron chi connectivity index (χ2n) is 4.48. The van der Waals surface area contributed by atoms with Gasteiger partial charge in [-0.1, -0.05) is 15.9 Å². The van der Waals surface area contributed by atoms with E-state index in [4.69, 9.17) is 0 Å². The van der Waals surface area contributed by atoms with Gasteiger partial charge in [0, 0.05) is 16.2 Å². The van der Waals surface area contributed by atoms with Crippen molar-refractivity contribution in [2.45, 2.75) is 32.2 Å². The third-order valence-corrected chi connectivity index (χ3v) is 3.62. The summed E-state index contributed by atoms with van der Waals surface area (Å²) in [5.74, 6) is 0. The first-order valence-corrected chi connectivity index (χ1v) is 6.78. The summed E-state index contributed by atoms with van der Waals surface area (Å²) >= 11 is 3.50. The first kappa shape index (κ1) is 11.9. The second kappa shape index (κ2) is 5.69. The van der Waals surface area contributed by atoms with Gasteiger partial charge in [0.15, 0.2) is 0 Å². The fourth-order valence-corrected chi connectivity index (χ4v) is 2.65. The van der Waals surface area contributed by atoms with E-state index < -0.39 is 0 Å². The zero-order chi connectivity index (χ0) is 11.4. The molecule has 16 heavy (non-hydrogen) atoms. The molecule has 88 valence electrons. The Labute approximate surface area is 106 Å². The summed E-state index contributed by atoms with van der Waals surface area (Å²) in [6.45, 7) is 4.45. The zero-order valence-corrected chi connectivity index (χ0v) is 11.3. The highest BCUT2D eigenvalue weighted by Crippen LogP contribution is 2.22. The average Bonchev–Trinajstić information content (AvgIpc) is 2.51. The molecule has 0 amide bonds. The molecule has 1 unspecified atom stereocenters. The molecule has 3 heteroatoms. The van der Waals surface area contributed by atoms with E-state index in [1.165, 1.54) is 30.5 Å². The monoisotopic (exact) mass is 282 g/mol. The summed E-state index contributed by atoms with van der Waals surface area (Å²) in [4.78, 5) is 0. The predicted octanol–water partition coefficient (Wildman–Crippen LogP) is 3.31. The minimum absolute atomic E-state index is 0.620. The van der Waals surface area contributed by atoms with Crippen LogP contribution in [0.25, 0.3) is 0 Å². The van der Waals surface area contributed by atoms with Crippen molar-refractivity contribution in [2.24, 2.45) is 0 Å². The Morgan fingerprint density at radius 2 is 2.19 bits per heavy atom. The number of hydrogen-bond acceptors (Lipinski definition) is 2. The molecular formula is C13H19BrN2. The van der Waals surface area contributed by atoms with Crippen molar-refractivity contribution in [1.82, 2.24) is 5.32 Å². The second-order valence-corrected chi connectivity index (χ2v) is 5.40. The van der Waals surface area contributed by atoms with Gasteiger partial charge in [-0.3, -0.25) is 0 Å². The quantitative estimate of drug-likeness (QED) is 0.870. The molecule has 2 rings (SSSR count). The molecule has 0 aliphatic carbocycles. The first-order valence-electron chi connectivity index (χ1n) is 5.99. The first-order chi connectivity index (χ1) is 7.75. The van der Waals surface area contributed by atoms with Crippen LogP contribution < -0.4 is 10.6 Å². The minimum atomic E-state index is 0.620. The average molecular weight is 283 g/mol. The normalized spacial score (nSPS) is 21.5. The molecule has 0 spiro atoms. The molecular weight excluding hydrogens is 264 g/mol. The Morgan fingerprint density at radius 1 is 1.31 bits per heavy atom. The van der Waals surface area contributed by atoms with Crippen molar-refractivity contribution in [2.75, 3.05) is 18.4 Å². The number of benzene rings is 1. The van der Waals surface area contributed by atoms with Crippen LogP contribution in [0.5, 0.6) is 0 Å². The highest BCUT2D eigenvalue weighted by Gasteiger charge is 2.12. The number of rotatable bonds is 2. The van der Waals surface area contributed by atoms with Crippen molar-refractivity contribution in [1.29, 1.82) is 0 Å². The number of aryl methyl sites for hydroxylation is 1. The standard InChI is InChI=1S/C13H19BrN2/c1-10-9-11(14)4-5-13(10)16-12-3-2-7-15-8-6-12/h4-5,9,12,15-16H,2-3,6-8H2,1H3. The third-order valence-electron chi connectivity index (χ3n) is 3.12. The van der Waals surface area contributed by atoms with Gasteiger partial charge < -0.3 is 10.6 Å². The van der Waals surface area contributed by atoms with E-state index in [1.54, 1.807) is 0 Å². The van der Waals surface area contributed by atoms with Crippen molar-refractivity contribution in [3.8, 4) is 0 Å². The molecule has 1 atom stereocenters. The van der Waals surface area contributed by atoms with Crippen molar-refractivity contribution >= 4 is 21.6 Å². The van der Waals surface area contributed by atoms with Crippen LogP contribution >= 0.6 is 15.9 Å². The molecule has 1 fully saturated rings. The molecule has 0 radical (unpaired) electrons. The molecule has 0 aromatic heterocycles. The summed E-state index contributed by atoms with van der Waals surface area (Å²) in [5, 5.41) is 7.09. The lowest BCUT2D eigenvalue weighted by molar-refractivity contribution is 0.637. The Bertz CT molecular complexity index is 344. The van der Waals surface area contributed by atoms with Gasteiger partial charge in [-0.25, -0.2) is 0 Å². The van der Waals surface area contributed by atoms with Gasteiger partial charge in [0.1, 0.15) is 0 Å². The highest BCUT2D eigenvalue weighted by molar-refractivity contribution is 9.10. The molecule has 1 aromatic carbocycles. The van der Waals surface area contributed by atoms with Crippen LogP contribution in [0.3, 0.4) is 0 Å². The Hall–Kier alpha value is -0.540. The third kappa shape index (κ3) is 3.22. The molecule has 1 saturated heterocycles. The summed E-state index contributed by atoms with van der Waals surface area (Å²) in [7, 11) is 0. The summed E-state index contributed by atoms with van der Waals surface area (Å²) < 4.78 is 1.15. The van der Waals surface area contributed by atoms with Gasteiger partial charge in [0.2, 0.25) is 0 Å². The Kier molecular flexibility index (Phi) is 4.24. The highest BCUT2D eigenvalue weighted by atomic mass is 79.9. The number of anilines is 1. The van der Waals surface area contributed by atoms with Crippen LogP contribution in [-0.4, -0.2) is 19.1 Å². The maximum absolute atomic E-state index is 3.66. The fourth-order valence-electron chi connectivity index (χ4n) is 2.17. The van der Waals surface area contributed by atoms with Crippen LogP contribution in [0.4, 0.5) is 5.69 Å². The maximum Gasteiger partial charge on any atom is 0.0372 e. The Balaban J connectivity index is 2.01. The molecule has 0 bridgehead atoms. The van der Waals surface area contributed by atoms with Gasteiger partial charge >= 0.3 is 0 Å². The topological polar surface area (TPSA) is 24.1 Å². The maximum atomic E-state index is 3.66. The zero-order valence-electron chi connectivity index (χ0n) is 9.72. The molecule has 0 saturated carbocycles. The van der Waals surface area contributed by atoms with Crippen molar-refractivity contribution in [3.63, 3.8) is 0 Å². The molecule has 2 nitrogen and oxygen atoms in total. The predicted molar refractivity (Wildman–Crippen MR) is 73.0 cm³/mol. The molecule has 1 heterocycles. The van der Waals surface area contributed by atoms with E-state index >= 15 is 0 Å². The molecule has 1 aliphatic rings. The smallest absolute Gasteiger partial charge is 0.0372 e. The van der Waals surface area contributed by atoms with Gasteiger partial charge in [-0.05, 0) is 63.0 Å². The van der Waals surface area contributed by atoms with E-state index in [0.717, 1.165) is 17.6 Å². The van der Waals surface area contributed by atoms with Crippen LogP contribution in [0.2, 0.25) is 0 Å². The van der Waals surface area contributed by atoms with Crippen LogP contribution in [0, 0.1) is 6.92 Å². The van der Waals surface area contributed by atoms with E-state index in [9.17, 15) is 0 Å². The van der Waals surface area contributed by atoms with E-state index in [0.29, 0.717) is 6.04 Å². The number of halogens is 1. The van der Waals surface area contributed by atoms with Gasteiger partial charge in [-0.15, -0.1) is 0 Å². The lowest BCUT2D eigenvalue weighted by Gasteiger charge is -2.19. The fraction of sp³-hybridized carbons (Fsp3) is 0.538. The van der Waals surface area contributed by atoms with Gasteiger partial charge in [0.25, 0.3) is 0 Å². The molecule has 1 aliphatic heterocycles. The van der Waals surface area contributed by atoms with Crippen molar-refractivity contribution < 1.29 is 0 Å². The lowest BCUT2D eigenvalue weighted by atomic mass is 10.1. The molecule has 2 N–H and O–H groups in total.